The number of aliphatic hydroxyl groups excluding tert-OH is 1. The zero-order valence-electron chi connectivity index (χ0n) is 18.8. The summed E-state index contributed by atoms with van der Waals surface area (Å²) in [5.74, 6) is -0.388. The summed E-state index contributed by atoms with van der Waals surface area (Å²) in [6.07, 6.45) is 1.80. The highest BCUT2D eigenvalue weighted by atomic mass is 35.5. The van der Waals surface area contributed by atoms with Crippen LogP contribution in [0.2, 0.25) is 5.02 Å². The van der Waals surface area contributed by atoms with Gasteiger partial charge in [-0.05, 0) is 75.2 Å². The molecule has 0 amide bonds. The molecule has 2 aromatic carbocycles. The number of halogens is 1. The van der Waals surface area contributed by atoms with Gasteiger partial charge in [-0.2, -0.15) is 4.63 Å². The fourth-order valence-corrected chi connectivity index (χ4v) is 3.69. The minimum absolute atomic E-state index is 0.0183. The van der Waals surface area contributed by atoms with Crippen molar-refractivity contribution in [2.75, 3.05) is 25.0 Å². The number of esters is 1. The molecule has 1 fully saturated rings. The molecule has 1 aliphatic rings. The largest absolute Gasteiger partial charge is 0.476 e. The van der Waals surface area contributed by atoms with Gasteiger partial charge in [-0.25, -0.2) is 4.79 Å². The molecule has 0 aliphatic carbocycles. The van der Waals surface area contributed by atoms with Crippen molar-refractivity contribution >= 4 is 23.4 Å². The molecular weight excluding hydrogens is 466 g/mol. The second-order valence-electron chi connectivity index (χ2n) is 8.37. The molecule has 1 N–H and O–H groups in total. The van der Waals surface area contributed by atoms with E-state index in [4.69, 9.17) is 30.5 Å². The topological polar surface area (TPSA) is 108 Å². The zero-order chi connectivity index (χ0) is 24.3. The Bertz CT molecular complexity index is 1110. The second-order valence-corrected chi connectivity index (χ2v) is 8.80. The SMILES string of the molecule is CC(C)(Oc1ccc(C(=O)c2ccc(Cl)cc2)cc1)C(=O)OCOn1on1N1CCCC1CO. The van der Waals surface area contributed by atoms with Crippen LogP contribution in [0.15, 0.2) is 53.2 Å². The standard InChI is InChI=1S/C23H26ClN3O7/c1-23(2,22(30)31-15-32-27-26(34-27)25-13-3-4-19(25)14-28)33-20-11-7-17(8-12-20)21(29)16-5-9-18(24)10-6-16/h5-12,19,28H,3-4,13-15H2,1-2H3. The lowest BCUT2D eigenvalue weighted by Crippen LogP contribution is -2.41. The number of benzene rings is 2. The first-order valence-corrected chi connectivity index (χ1v) is 11.2. The Balaban J connectivity index is 1.26. The van der Waals surface area contributed by atoms with E-state index in [1.165, 1.54) is 4.96 Å². The van der Waals surface area contributed by atoms with Crippen LogP contribution in [0.4, 0.5) is 0 Å². The Morgan fingerprint density at radius 3 is 2.41 bits per heavy atom. The number of hydrogen-bond acceptors (Lipinski definition) is 8. The summed E-state index contributed by atoms with van der Waals surface area (Å²) in [4.78, 5) is 31.7. The lowest BCUT2D eigenvalue weighted by Gasteiger charge is -2.24. The first-order chi connectivity index (χ1) is 16.3. The van der Waals surface area contributed by atoms with Crippen LogP contribution in [0.25, 0.3) is 0 Å². The van der Waals surface area contributed by atoms with Gasteiger partial charge in [0.15, 0.2) is 11.4 Å². The van der Waals surface area contributed by atoms with Crippen molar-refractivity contribution in [3.05, 3.63) is 64.7 Å². The number of ketones is 1. The molecule has 182 valence electrons. The van der Waals surface area contributed by atoms with E-state index in [-0.39, 0.29) is 25.2 Å². The molecule has 11 heteroatoms. The number of ether oxygens (including phenoxy) is 2. The maximum absolute atomic E-state index is 12.6. The molecule has 0 radical (unpaired) electrons. The van der Waals surface area contributed by atoms with Crippen LogP contribution >= 0.6 is 11.6 Å². The number of aromatic nitrogens is 2. The van der Waals surface area contributed by atoms with Crippen molar-refractivity contribution in [2.24, 2.45) is 0 Å². The molecule has 34 heavy (non-hydrogen) atoms. The second kappa shape index (κ2) is 9.86. The van der Waals surface area contributed by atoms with E-state index in [1.807, 2.05) is 5.01 Å². The molecule has 1 atom stereocenters. The van der Waals surface area contributed by atoms with Crippen molar-refractivity contribution in [3.8, 4) is 5.75 Å². The predicted molar refractivity (Wildman–Crippen MR) is 121 cm³/mol. The van der Waals surface area contributed by atoms with Crippen molar-refractivity contribution in [3.63, 3.8) is 0 Å². The predicted octanol–water partition coefficient (Wildman–Crippen LogP) is 2.65. The lowest BCUT2D eigenvalue weighted by atomic mass is 10.0. The quantitative estimate of drug-likeness (QED) is 0.262. The number of carbonyl (C=O) groups excluding carboxylic acids is 2. The number of hydrogen-bond donors (Lipinski definition) is 1. The van der Waals surface area contributed by atoms with Gasteiger partial charge in [0, 0.05) is 22.7 Å². The molecule has 1 aliphatic heterocycles. The molecule has 0 saturated carbocycles. The van der Waals surface area contributed by atoms with Gasteiger partial charge < -0.3 is 19.4 Å². The average Bonchev–Trinajstić information content (AvgIpc) is 3.43. The third kappa shape index (κ3) is 5.40. The van der Waals surface area contributed by atoms with Crippen molar-refractivity contribution in [1.29, 1.82) is 0 Å². The van der Waals surface area contributed by atoms with Crippen molar-refractivity contribution in [1.82, 2.24) is 9.98 Å². The number of rotatable bonds is 10. The van der Waals surface area contributed by atoms with Crippen LogP contribution in [0.5, 0.6) is 5.75 Å². The molecule has 1 saturated heterocycles. The van der Waals surface area contributed by atoms with Crippen LogP contribution in [0, 0.1) is 0 Å². The van der Waals surface area contributed by atoms with Gasteiger partial charge in [-0.3, -0.25) is 9.80 Å². The zero-order valence-corrected chi connectivity index (χ0v) is 19.6. The molecule has 0 bridgehead atoms. The first kappa shape index (κ1) is 23.8. The van der Waals surface area contributed by atoms with Crippen LogP contribution < -0.4 is 14.6 Å². The van der Waals surface area contributed by atoms with Gasteiger partial charge in [0.25, 0.3) is 6.79 Å². The van der Waals surface area contributed by atoms with Crippen molar-refractivity contribution < 1.29 is 33.6 Å². The number of carbonyl (C=O) groups is 2. The molecule has 1 unspecified atom stereocenters. The monoisotopic (exact) mass is 491 g/mol. The molecular formula is C23H26ClN3O7. The van der Waals surface area contributed by atoms with Crippen molar-refractivity contribution in [2.45, 2.75) is 38.3 Å². The summed E-state index contributed by atoms with van der Waals surface area (Å²) >= 11 is 5.87. The summed E-state index contributed by atoms with van der Waals surface area (Å²) in [6, 6.07) is 13.1. The Hall–Kier alpha value is -3.37. The highest BCUT2D eigenvalue weighted by Gasteiger charge is 2.34. The molecule has 4 rings (SSSR count). The summed E-state index contributed by atoms with van der Waals surface area (Å²) in [7, 11) is 0. The molecule has 10 nitrogen and oxygen atoms in total. The average molecular weight is 492 g/mol. The fraction of sp³-hybridized carbons (Fsp3) is 0.391. The van der Waals surface area contributed by atoms with E-state index in [2.05, 4.69) is 0 Å². The van der Waals surface area contributed by atoms with Gasteiger partial charge >= 0.3 is 5.97 Å². The Morgan fingerprint density at radius 1 is 1.12 bits per heavy atom. The third-order valence-electron chi connectivity index (χ3n) is 5.48. The highest BCUT2D eigenvalue weighted by molar-refractivity contribution is 6.30. The Labute approximate surface area is 201 Å². The molecule has 3 aromatic rings. The van der Waals surface area contributed by atoms with Crippen LogP contribution in [-0.2, 0) is 9.53 Å². The van der Waals surface area contributed by atoms with E-state index < -0.39 is 11.6 Å². The van der Waals surface area contributed by atoms with E-state index in [1.54, 1.807) is 62.4 Å². The maximum atomic E-state index is 12.6. The van der Waals surface area contributed by atoms with Gasteiger partial charge in [-0.1, -0.05) is 11.6 Å². The number of aliphatic hydroxyl groups is 1. The summed E-state index contributed by atoms with van der Waals surface area (Å²) in [5, 5.41) is 12.8. The highest BCUT2D eigenvalue weighted by Crippen LogP contribution is 2.22. The molecule has 1 aromatic heterocycles. The minimum atomic E-state index is -1.30. The van der Waals surface area contributed by atoms with E-state index >= 15 is 0 Å². The smallest absolute Gasteiger partial charge is 0.352 e. The molecule has 2 heterocycles. The molecule has 0 spiro atoms. The van der Waals surface area contributed by atoms with Gasteiger partial charge in [0.05, 0.1) is 17.6 Å². The first-order valence-electron chi connectivity index (χ1n) is 10.8. The normalized spacial score (nSPS) is 16.0. The van der Waals surface area contributed by atoms with E-state index in [0.717, 1.165) is 24.4 Å². The Kier molecular flexibility index (Phi) is 6.90. The Morgan fingerprint density at radius 2 is 1.76 bits per heavy atom. The summed E-state index contributed by atoms with van der Waals surface area (Å²) in [6.45, 7) is 3.51. The lowest BCUT2D eigenvalue weighted by molar-refractivity contribution is -0.174. The van der Waals surface area contributed by atoms with Gasteiger partial charge in [0.2, 0.25) is 0 Å². The summed E-state index contributed by atoms with van der Waals surface area (Å²) in [5.41, 5.74) is -0.304. The fourth-order valence-electron chi connectivity index (χ4n) is 3.57. The number of nitrogens with zero attached hydrogens (tertiary/aromatic N) is 3. The minimum Gasteiger partial charge on any atom is -0.476 e. The van der Waals surface area contributed by atoms with Crippen LogP contribution in [-0.4, -0.2) is 58.4 Å². The maximum Gasteiger partial charge on any atom is 0.352 e. The van der Waals surface area contributed by atoms with Crippen LogP contribution in [0.1, 0.15) is 42.6 Å². The van der Waals surface area contributed by atoms with E-state index in [9.17, 15) is 14.7 Å². The van der Waals surface area contributed by atoms with E-state index in [0.29, 0.717) is 21.9 Å². The van der Waals surface area contributed by atoms with Gasteiger partial charge in [0.1, 0.15) is 10.8 Å². The third-order valence-corrected chi connectivity index (χ3v) is 5.73. The van der Waals surface area contributed by atoms with Crippen LogP contribution in [0.3, 0.4) is 0 Å². The summed E-state index contributed by atoms with van der Waals surface area (Å²) < 4.78 is 16.1. The van der Waals surface area contributed by atoms with Gasteiger partial charge in [-0.15, -0.1) is 0 Å².